The van der Waals surface area contributed by atoms with E-state index in [-0.39, 0.29) is 41.6 Å². The number of hydrogen-bond acceptors (Lipinski definition) is 4. The zero-order valence-electron chi connectivity index (χ0n) is 17.7. The molecule has 9 heteroatoms. The maximum Gasteiger partial charge on any atom is 0.220 e. The molecule has 1 saturated heterocycles. The fourth-order valence-electron chi connectivity index (χ4n) is 3.54. The molecule has 168 valence electrons. The zero-order valence-corrected chi connectivity index (χ0v) is 20.0. The van der Waals surface area contributed by atoms with Crippen LogP contribution in [0.4, 0.5) is 10.2 Å². The lowest BCUT2D eigenvalue weighted by Gasteiger charge is -2.32. The highest BCUT2D eigenvalue weighted by Crippen LogP contribution is 2.24. The quantitative estimate of drug-likeness (QED) is 0.285. The monoisotopic (exact) mass is 540 g/mol. The highest BCUT2D eigenvalue weighted by molar-refractivity contribution is 14.0. The molecular weight excluding hydrogens is 510 g/mol. The van der Waals surface area contributed by atoms with E-state index in [9.17, 15) is 9.18 Å². The van der Waals surface area contributed by atoms with Crippen molar-refractivity contribution >= 4 is 41.7 Å². The molecule has 1 aromatic carbocycles. The largest absolute Gasteiger partial charge is 0.369 e. The summed E-state index contributed by atoms with van der Waals surface area (Å²) in [5.41, 5.74) is 7.03. The lowest BCUT2D eigenvalue weighted by atomic mass is 9.96. The fraction of sp³-hybridized carbons (Fsp3) is 0.409. The Morgan fingerprint density at radius 1 is 1.19 bits per heavy atom. The number of primary amides is 1. The lowest BCUT2D eigenvalue weighted by molar-refractivity contribution is -0.122. The normalized spacial score (nSPS) is 14.6. The SMILES string of the molecule is CCNC(=NCc1cccnc1N1CCC(C(N)=O)CC1)NCc1ccccc1F.I. The Hall–Kier alpha value is -2.43. The van der Waals surface area contributed by atoms with Gasteiger partial charge in [0.2, 0.25) is 5.91 Å². The van der Waals surface area contributed by atoms with Crippen LogP contribution in [0, 0.1) is 11.7 Å². The molecule has 2 aromatic rings. The minimum Gasteiger partial charge on any atom is -0.369 e. The van der Waals surface area contributed by atoms with Crippen molar-refractivity contribution in [1.82, 2.24) is 15.6 Å². The van der Waals surface area contributed by atoms with Gasteiger partial charge in [-0.3, -0.25) is 4.79 Å². The molecule has 0 bridgehead atoms. The molecule has 0 atom stereocenters. The average molecular weight is 540 g/mol. The molecule has 4 N–H and O–H groups in total. The third kappa shape index (κ3) is 7.05. The van der Waals surface area contributed by atoms with Gasteiger partial charge in [0.05, 0.1) is 6.54 Å². The number of aromatic nitrogens is 1. The molecule has 0 saturated carbocycles. The highest BCUT2D eigenvalue weighted by atomic mass is 127. The van der Waals surface area contributed by atoms with Crippen LogP contribution in [0.1, 0.15) is 30.9 Å². The fourth-order valence-corrected chi connectivity index (χ4v) is 3.54. The molecule has 1 aromatic heterocycles. The maximum atomic E-state index is 13.9. The first kappa shape index (κ1) is 24.8. The minimum atomic E-state index is -0.241. The summed E-state index contributed by atoms with van der Waals surface area (Å²) in [5.74, 6) is 0.970. The second-order valence-corrected chi connectivity index (χ2v) is 7.29. The van der Waals surface area contributed by atoms with Crippen LogP contribution in [-0.4, -0.2) is 36.5 Å². The van der Waals surface area contributed by atoms with Crippen LogP contribution in [0.2, 0.25) is 0 Å². The number of carbonyl (C=O) groups excluding carboxylic acids is 1. The van der Waals surface area contributed by atoms with Crippen LogP contribution >= 0.6 is 24.0 Å². The van der Waals surface area contributed by atoms with E-state index in [1.807, 2.05) is 25.1 Å². The second-order valence-electron chi connectivity index (χ2n) is 7.29. The minimum absolute atomic E-state index is 0. The molecule has 0 aliphatic carbocycles. The van der Waals surface area contributed by atoms with E-state index in [1.54, 1.807) is 18.3 Å². The number of pyridine rings is 1. The Morgan fingerprint density at radius 3 is 2.58 bits per heavy atom. The molecule has 1 aliphatic heterocycles. The summed E-state index contributed by atoms with van der Waals surface area (Å²) in [6, 6.07) is 10.6. The molecule has 3 rings (SSSR count). The summed E-state index contributed by atoms with van der Waals surface area (Å²) in [7, 11) is 0. The Balaban J connectivity index is 0.00000341. The van der Waals surface area contributed by atoms with Gasteiger partial charge in [0, 0.05) is 49.4 Å². The predicted octanol–water partition coefficient (Wildman–Crippen LogP) is 2.80. The number of nitrogens with one attached hydrogen (secondary N) is 2. The van der Waals surface area contributed by atoms with Crippen LogP contribution in [0.15, 0.2) is 47.6 Å². The molecule has 0 radical (unpaired) electrons. The van der Waals surface area contributed by atoms with Crippen molar-refractivity contribution < 1.29 is 9.18 Å². The van der Waals surface area contributed by atoms with Crippen molar-refractivity contribution in [3.05, 3.63) is 59.5 Å². The predicted molar refractivity (Wildman–Crippen MR) is 132 cm³/mol. The van der Waals surface area contributed by atoms with E-state index < -0.39 is 0 Å². The highest BCUT2D eigenvalue weighted by Gasteiger charge is 2.24. The molecule has 0 unspecified atom stereocenters. The van der Waals surface area contributed by atoms with E-state index in [0.29, 0.717) is 31.2 Å². The number of aliphatic imine (C=N–C) groups is 1. The summed E-state index contributed by atoms with van der Waals surface area (Å²) in [4.78, 5) is 22.8. The summed E-state index contributed by atoms with van der Waals surface area (Å²) in [6.07, 6.45) is 3.24. The number of benzene rings is 1. The average Bonchev–Trinajstić information content (AvgIpc) is 2.77. The Bertz CT molecular complexity index is 886. The third-order valence-corrected chi connectivity index (χ3v) is 5.22. The summed E-state index contributed by atoms with van der Waals surface area (Å²) in [5, 5.41) is 6.37. The molecule has 1 fully saturated rings. The van der Waals surface area contributed by atoms with Gasteiger partial charge in [-0.15, -0.1) is 24.0 Å². The second kappa shape index (κ2) is 12.4. The van der Waals surface area contributed by atoms with Crippen molar-refractivity contribution in [2.75, 3.05) is 24.5 Å². The van der Waals surface area contributed by atoms with Crippen molar-refractivity contribution in [2.24, 2.45) is 16.6 Å². The van der Waals surface area contributed by atoms with Gasteiger partial charge < -0.3 is 21.3 Å². The third-order valence-electron chi connectivity index (χ3n) is 5.22. The molecule has 1 aliphatic rings. The molecular formula is C22H30FIN6O. The first-order chi connectivity index (χ1) is 14.6. The van der Waals surface area contributed by atoms with Gasteiger partial charge >= 0.3 is 0 Å². The van der Waals surface area contributed by atoms with Gasteiger partial charge in [0.15, 0.2) is 5.96 Å². The number of hydrogen-bond donors (Lipinski definition) is 3. The molecule has 0 spiro atoms. The topological polar surface area (TPSA) is 95.6 Å². The molecule has 1 amide bonds. The number of guanidine groups is 1. The van der Waals surface area contributed by atoms with E-state index in [2.05, 4.69) is 25.5 Å². The van der Waals surface area contributed by atoms with E-state index in [1.165, 1.54) is 6.07 Å². The van der Waals surface area contributed by atoms with Gasteiger partial charge in [-0.1, -0.05) is 24.3 Å². The van der Waals surface area contributed by atoms with Gasteiger partial charge in [-0.05, 0) is 31.9 Å². The van der Waals surface area contributed by atoms with Crippen molar-refractivity contribution in [2.45, 2.75) is 32.9 Å². The summed E-state index contributed by atoms with van der Waals surface area (Å²) in [6.45, 7) is 4.95. The molecule has 7 nitrogen and oxygen atoms in total. The first-order valence-electron chi connectivity index (χ1n) is 10.3. The zero-order chi connectivity index (χ0) is 21.3. The van der Waals surface area contributed by atoms with Crippen LogP contribution < -0.4 is 21.3 Å². The lowest BCUT2D eigenvalue weighted by Crippen LogP contribution is -2.39. The van der Waals surface area contributed by atoms with Crippen molar-refractivity contribution in [3.63, 3.8) is 0 Å². The van der Waals surface area contributed by atoms with Crippen LogP contribution in [0.5, 0.6) is 0 Å². The van der Waals surface area contributed by atoms with Gasteiger partial charge in [0.1, 0.15) is 11.6 Å². The number of halogens is 2. The van der Waals surface area contributed by atoms with E-state index in [0.717, 1.165) is 37.3 Å². The van der Waals surface area contributed by atoms with Gasteiger partial charge in [-0.25, -0.2) is 14.4 Å². The number of anilines is 1. The molecule has 2 heterocycles. The first-order valence-corrected chi connectivity index (χ1v) is 10.3. The number of piperidine rings is 1. The molecule has 31 heavy (non-hydrogen) atoms. The van der Waals surface area contributed by atoms with Crippen molar-refractivity contribution in [1.29, 1.82) is 0 Å². The van der Waals surface area contributed by atoms with Crippen LogP contribution in [0.3, 0.4) is 0 Å². The number of amides is 1. The number of nitrogens with zero attached hydrogens (tertiary/aromatic N) is 3. The Labute approximate surface area is 199 Å². The maximum absolute atomic E-state index is 13.9. The summed E-state index contributed by atoms with van der Waals surface area (Å²) < 4.78 is 13.9. The van der Waals surface area contributed by atoms with Crippen molar-refractivity contribution in [3.8, 4) is 0 Å². The van der Waals surface area contributed by atoms with E-state index >= 15 is 0 Å². The smallest absolute Gasteiger partial charge is 0.220 e. The number of nitrogens with two attached hydrogens (primary N) is 1. The standard InChI is InChI=1S/C22H29FN6O.HI/c1-2-25-22(27-14-17-6-3-4-8-19(17)23)28-15-18-7-5-11-26-21(18)29-12-9-16(10-13-29)20(24)30;/h3-8,11,16H,2,9-10,12-15H2,1H3,(H2,24,30)(H2,25,27,28);1H. The Kier molecular flexibility index (Phi) is 9.96. The van der Waals surface area contributed by atoms with Crippen LogP contribution in [-0.2, 0) is 17.9 Å². The van der Waals surface area contributed by atoms with E-state index in [4.69, 9.17) is 5.73 Å². The number of carbonyl (C=O) groups is 1. The van der Waals surface area contributed by atoms with Crippen LogP contribution in [0.25, 0.3) is 0 Å². The summed E-state index contributed by atoms with van der Waals surface area (Å²) >= 11 is 0. The van der Waals surface area contributed by atoms with Gasteiger partial charge in [-0.2, -0.15) is 0 Å². The Morgan fingerprint density at radius 2 is 1.90 bits per heavy atom. The van der Waals surface area contributed by atoms with Gasteiger partial charge in [0.25, 0.3) is 0 Å². The number of rotatable bonds is 7.